The first kappa shape index (κ1) is 18.5. The van der Waals surface area contributed by atoms with Crippen molar-refractivity contribution >= 4 is 5.91 Å². The van der Waals surface area contributed by atoms with Gasteiger partial charge in [-0.3, -0.25) is 9.78 Å². The van der Waals surface area contributed by atoms with Crippen molar-refractivity contribution in [3.05, 3.63) is 47.1 Å². The lowest BCUT2D eigenvalue weighted by Crippen LogP contribution is -2.50. The topological polar surface area (TPSA) is 95.7 Å². The van der Waals surface area contributed by atoms with Crippen LogP contribution >= 0.6 is 0 Å². The van der Waals surface area contributed by atoms with E-state index in [0.29, 0.717) is 37.6 Å². The van der Waals surface area contributed by atoms with Crippen molar-refractivity contribution in [3.63, 3.8) is 0 Å². The summed E-state index contributed by atoms with van der Waals surface area (Å²) in [5.41, 5.74) is 1.74. The minimum Gasteiger partial charge on any atom is -0.380 e. The van der Waals surface area contributed by atoms with E-state index in [-0.39, 0.29) is 30.4 Å². The van der Waals surface area contributed by atoms with Gasteiger partial charge < -0.3 is 24.1 Å². The summed E-state index contributed by atoms with van der Waals surface area (Å²) in [5, 5.41) is 6.86. The second-order valence-electron chi connectivity index (χ2n) is 6.11. The van der Waals surface area contributed by atoms with E-state index in [0.717, 1.165) is 5.69 Å². The highest BCUT2D eigenvalue weighted by Gasteiger charge is 2.30. The summed E-state index contributed by atoms with van der Waals surface area (Å²) in [6, 6.07) is 5.49. The Balaban J connectivity index is 1.63. The highest BCUT2D eigenvalue weighted by atomic mass is 16.5. The molecule has 140 valence electrons. The Morgan fingerprint density at radius 3 is 3.04 bits per heavy atom. The van der Waals surface area contributed by atoms with Crippen LogP contribution in [0.1, 0.15) is 33.9 Å². The predicted octanol–water partition coefficient (Wildman–Crippen LogP) is 1.63. The van der Waals surface area contributed by atoms with Crippen molar-refractivity contribution < 1.29 is 23.5 Å². The van der Waals surface area contributed by atoms with Crippen LogP contribution < -0.4 is 5.32 Å². The van der Waals surface area contributed by atoms with Crippen molar-refractivity contribution in [2.24, 2.45) is 0 Å². The molecule has 1 aliphatic rings. The van der Waals surface area contributed by atoms with Gasteiger partial charge in [-0.2, -0.15) is 0 Å². The van der Waals surface area contributed by atoms with Crippen LogP contribution in [-0.2, 0) is 27.4 Å². The molecule has 8 nitrogen and oxygen atoms in total. The standard InChI is InChI=1S/C18H23N3O5/c1-12-14(10-23-2)17(21-26-12)18(22)20-15-6-8-24-11-16(15)25-9-13-5-3-4-7-19-13/h3-5,7,15-16H,6,8-11H2,1-2H3,(H,20,22)/t15-,16-/m1/s1. The second kappa shape index (κ2) is 8.88. The number of carbonyl (C=O) groups is 1. The third kappa shape index (κ3) is 4.46. The molecule has 2 atom stereocenters. The Morgan fingerprint density at radius 1 is 1.38 bits per heavy atom. The molecule has 3 rings (SSSR count). The van der Waals surface area contributed by atoms with Crippen LogP contribution in [-0.4, -0.2) is 48.5 Å². The summed E-state index contributed by atoms with van der Waals surface area (Å²) in [7, 11) is 1.56. The Morgan fingerprint density at radius 2 is 2.27 bits per heavy atom. The van der Waals surface area contributed by atoms with E-state index in [4.69, 9.17) is 18.7 Å². The lowest BCUT2D eigenvalue weighted by atomic mass is 10.1. The third-order valence-electron chi connectivity index (χ3n) is 4.28. The first-order chi connectivity index (χ1) is 12.7. The zero-order valence-electron chi connectivity index (χ0n) is 14.9. The number of pyridine rings is 1. The molecule has 0 radical (unpaired) electrons. The van der Waals surface area contributed by atoms with Crippen molar-refractivity contribution in [1.29, 1.82) is 0 Å². The number of methoxy groups -OCH3 is 1. The zero-order valence-corrected chi connectivity index (χ0v) is 14.9. The van der Waals surface area contributed by atoms with Gasteiger partial charge in [0, 0.05) is 19.9 Å². The number of nitrogens with one attached hydrogen (secondary N) is 1. The molecule has 0 saturated carbocycles. The van der Waals surface area contributed by atoms with Gasteiger partial charge in [0.1, 0.15) is 11.9 Å². The van der Waals surface area contributed by atoms with E-state index < -0.39 is 0 Å². The van der Waals surface area contributed by atoms with Gasteiger partial charge in [-0.15, -0.1) is 0 Å². The Bertz CT molecular complexity index is 719. The number of hydrogen-bond acceptors (Lipinski definition) is 7. The molecule has 1 aliphatic heterocycles. The molecule has 8 heteroatoms. The molecular weight excluding hydrogens is 338 g/mol. The van der Waals surface area contributed by atoms with Crippen LogP contribution in [0.4, 0.5) is 0 Å². The summed E-state index contributed by atoms with van der Waals surface area (Å²) in [6.45, 7) is 3.37. The largest absolute Gasteiger partial charge is 0.380 e. The number of carbonyl (C=O) groups excluding carboxylic acids is 1. The highest BCUT2D eigenvalue weighted by Crippen LogP contribution is 2.17. The van der Waals surface area contributed by atoms with Gasteiger partial charge in [-0.05, 0) is 25.5 Å². The van der Waals surface area contributed by atoms with Crippen LogP contribution in [0.2, 0.25) is 0 Å². The van der Waals surface area contributed by atoms with E-state index in [1.165, 1.54) is 0 Å². The molecule has 0 bridgehead atoms. The number of aryl methyl sites for hydroxylation is 1. The fourth-order valence-corrected chi connectivity index (χ4v) is 2.84. The fourth-order valence-electron chi connectivity index (χ4n) is 2.84. The maximum Gasteiger partial charge on any atom is 0.274 e. The molecule has 1 amide bonds. The normalized spacial score (nSPS) is 20.1. The summed E-state index contributed by atoms with van der Waals surface area (Å²) in [6.07, 6.45) is 2.13. The molecule has 26 heavy (non-hydrogen) atoms. The first-order valence-electron chi connectivity index (χ1n) is 8.53. The monoisotopic (exact) mass is 361 g/mol. The van der Waals surface area contributed by atoms with Crippen LogP contribution in [0.15, 0.2) is 28.9 Å². The van der Waals surface area contributed by atoms with Crippen molar-refractivity contribution in [2.75, 3.05) is 20.3 Å². The SMILES string of the molecule is COCc1c(C(=O)N[C@@H]2CCOC[C@H]2OCc2ccccn2)noc1C. The van der Waals surface area contributed by atoms with E-state index in [9.17, 15) is 4.79 Å². The zero-order chi connectivity index (χ0) is 18.4. The van der Waals surface area contributed by atoms with Crippen molar-refractivity contribution in [3.8, 4) is 0 Å². The summed E-state index contributed by atoms with van der Waals surface area (Å²) in [5.74, 6) is 0.277. The minimum atomic E-state index is -0.299. The number of hydrogen-bond donors (Lipinski definition) is 1. The highest BCUT2D eigenvalue weighted by molar-refractivity contribution is 5.94. The van der Waals surface area contributed by atoms with Crippen LogP contribution in [0.25, 0.3) is 0 Å². The molecular formula is C18H23N3O5. The van der Waals surface area contributed by atoms with E-state index in [2.05, 4.69) is 15.5 Å². The van der Waals surface area contributed by atoms with E-state index in [1.807, 2.05) is 18.2 Å². The van der Waals surface area contributed by atoms with Crippen LogP contribution in [0, 0.1) is 6.92 Å². The Labute approximate surface area is 151 Å². The van der Waals surface area contributed by atoms with E-state index in [1.54, 1.807) is 20.2 Å². The maximum atomic E-state index is 12.6. The van der Waals surface area contributed by atoms with Gasteiger partial charge >= 0.3 is 0 Å². The van der Waals surface area contributed by atoms with Gasteiger partial charge in [0.25, 0.3) is 5.91 Å². The quantitative estimate of drug-likeness (QED) is 0.801. The summed E-state index contributed by atoms with van der Waals surface area (Å²) < 4.78 is 21.7. The third-order valence-corrected chi connectivity index (χ3v) is 4.28. The Kier molecular flexibility index (Phi) is 6.32. The molecule has 0 unspecified atom stereocenters. The van der Waals surface area contributed by atoms with E-state index >= 15 is 0 Å². The molecule has 2 aromatic heterocycles. The predicted molar refractivity (Wildman–Crippen MR) is 91.5 cm³/mol. The van der Waals surface area contributed by atoms with Gasteiger partial charge in [-0.1, -0.05) is 11.2 Å². The molecule has 0 aliphatic carbocycles. The number of aromatic nitrogens is 2. The van der Waals surface area contributed by atoms with Gasteiger partial charge in [0.15, 0.2) is 5.69 Å². The van der Waals surface area contributed by atoms with Crippen LogP contribution in [0.5, 0.6) is 0 Å². The van der Waals surface area contributed by atoms with Gasteiger partial charge in [0.2, 0.25) is 0 Å². The fraction of sp³-hybridized carbons (Fsp3) is 0.500. The molecule has 0 spiro atoms. The maximum absolute atomic E-state index is 12.6. The smallest absolute Gasteiger partial charge is 0.274 e. The Hall–Kier alpha value is -2.29. The van der Waals surface area contributed by atoms with Gasteiger partial charge in [-0.25, -0.2) is 0 Å². The molecule has 1 fully saturated rings. The number of nitrogens with zero attached hydrogens (tertiary/aromatic N) is 2. The summed E-state index contributed by atoms with van der Waals surface area (Å²) in [4.78, 5) is 16.9. The number of amides is 1. The molecule has 1 N–H and O–H groups in total. The average Bonchev–Trinajstić information content (AvgIpc) is 3.03. The lowest BCUT2D eigenvalue weighted by molar-refractivity contribution is -0.0743. The van der Waals surface area contributed by atoms with Crippen molar-refractivity contribution in [1.82, 2.24) is 15.5 Å². The van der Waals surface area contributed by atoms with Crippen LogP contribution in [0.3, 0.4) is 0 Å². The first-order valence-corrected chi connectivity index (χ1v) is 8.53. The number of rotatable bonds is 7. The molecule has 2 aromatic rings. The second-order valence-corrected chi connectivity index (χ2v) is 6.11. The molecule has 1 saturated heterocycles. The number of ether oxygens (including phenoxy) is 3. The average molecular weight is 361 g/mol. The minimum absolute atomic E-state index is 0.174. The van der Waals surface area contributed by atoms with Crippen molar-refractivity contribution in [2.45, 2.75) is 38.7 Å². The van der Waals surface area contributed by atoms with Gasteiger partial charge in [0.05, 0.1) is 37.1 Å². The summed E-state index contributed by atoms with van der Waals surface area (Å²) >= 11 is 0. The lowest BCUT2D eigenvalue weighted by Gasteiger charge is -2.31. The molecule has 0 aromatic carbocycles. The molecule has 3 heterocycles.